The number of aromatic nitrogens is 2. The van der Waals surface area contributed by atoms with Gasteiger partial charge in [-0.15, -0.1) is 0 Å². The maximum absolute atomic E-state index is 13.2. The number of aromatic amines is 1. The van der Waals surface area contributed by atoms with Crippen LogP contribution >= 0.6 is 0 Å². The molecule has 0 unspecified atom stereocenters. The van der Waals surface area contributed by atoms with Crippen molar-refractivity contribution in [3.63, 3.8) is 0 Å². The maximum Gasteiger partial charge on any atom is 0.257 e. The Labute approximate surface area is 165 Å². The number of carbonyl (C=O) groups excluding carboxylic acids is 2. The Morgan fingerprint density at radius 2 is 1.86 bits per heavy atom. The van der Waals surface area contributed by atoms with Crippen molar-refractivity contribution >= 4 is 11.8 Å². The fraction of sp³-hybridized carbons (Fsp3) is 0.500. The first-order valence-electron chi connectivity index (χ1n) is 10.3. The highest BCUT2D eigenvalue weighted by Crippen LogP contribution is 2.30. The quantitative estimate of drug-likeness (QED) is 0.886. The number of amides is 2. The lowest BCUT2D eigenvalue weighted by Gasteiger charge is -2.33. The standard InChI is InChI=1S/C22H28N4O2/c1-2-5-20(27)25-11-9-17(10-12-25)21-19(14-23-24-21)22(28)26-13-8-16-6-3-4-7-18(16)15-26/h3-4,6-7,14,17H,2,5,8-13,15H2,1H3,(H,23,24). The fourth-order valence-electron chi connectivity index (χ4n) is 4.41. The molecule has 0 saturated carbocycles. The van der Waals surface area contributed by atoms with E-state index in [1.165, 1.54) is 11.1 Å². The first-order valence-corrected chi connectivity index (χ1v) is 10.3. The number of likely N-dealkylation sites (tertiary alicyclic amines) is 1. The number of H-pyrrole nitrogens is 1. The molecule has 0 bridgehead atoms. The van der Waals surface area contributed by atoms with Crippen LogP contribution in [-0.4, -0.2) is 51.4 Å². The molecule has 0 atom stereocenters. The number of carbonyl (C=O) groups is 2. The second-order valence-corrected chi connectivity index (χ2v) is 7.85. The number of nitrogens with one attached hydrogen (secondary N) is 1. The molecule has 1 saturated heterocycles. The third-order valence-corrected chi connectivity index (χ3v) is 6.04. The van der Waals surface area contributed by atoms with Gasteiger partial charge in [-0.25, -0.2) is 0 Å². The van der Waals surface area contributed by atoms with Crippen molar-refractivity contribution in [3.8, 4) is 0 Å². The summed E-state index contributed by atoms with van der Waals surface area (Å²) >= 11 is 0. The van der Waals surface area contributed by atoms with Crippen molar-refractivity contribution in [2.45, 2.75) is 51.5 Å². The van der Waals surface area contributed by atoms with Crippen molar-refractivity contribution in [3.05, 3.63) is 52.8 Å². The topological polar surface area (TPSA) is 69.3 Å². The first kappa shape index (κ1) is 18.7. The highest BCUT2D eigenvalue weighted by atomic mass is 16.2. The van der Waals surface area contributed by atoms with Gasteiger partial charge in [0.1, 0.15) is 0 Å². The van der Waals surface area contributed by atoms with Gasteiger partial charge in [0.25, 0.3) is 5.91 Å². The molecule has 2 aliphatic heterocycles. The summed E-state index contributed by atoms with van der Waals surface area (Å²) in [6, 6.07) is 8.34. The monoisotopic (exact) mass is 380 g/mol. The number of hydrogen-bond acceptors (Lipinski definition) is 3. The molecule has 1 aromatic heterocycles. The van der Waals surface area contributed by atoms with E-state index in [4.69, 9.17) is 0 Å². The van der Waals surface area contributed by atoms with Crippen LogP contribution in [0.2, 0.25) is 0 Å². The van der Waals surface area contributed by atoms with Gasteiger partial charge in [-0.1, -0.05) is 31.2 Å². The van der Waals surface area contributed by atoms with Crippen LogP contribution in [0, 0.1) is 0 Å². The average molecular weight is 380 g/mol. The number of benzene rings is 1. The number of piperidine rings is 1. The molecular weight excluding hydrogens is 352 g/mol. The Hall–Kier alpha value is -2.63. The average Bonchev–Trinajstić information content (AvgIpc) is 3.23. The molecule has 0 spiro atoms. The summed E-state index contributed by atoms with van der Waals surface area (Å²) in [5.74, 6) is 0.556. The minimum atomic E-state index is 0.0581. The SMILES string of the molecule is CCCC(=O)N1CCC(c2[nH]ncc2C(=O)N2CCc3ccccc3C2)CC1. The van der Waals surface area contributed by atoms with Crippen molar-refractivity contribution in [1.29, 1.82) is 0 Å². The maximum atomic E-state index is 13.2. The van der Waals surface area contributed by atoms with Crippen LogP contribution in [0.4, 0.5) is 0 Å². The lowest BCUT2D eigenvalue weighted by atomic mass is 9.90. The molecule has 3 heterocycles. The lowest BCUT2D eigenvalue weighted by Crippen LogP contribution is -2.39. The van der Waals surface area contributed by atoms with E-state index in [1.807, 2.05) is 22.8 Å². The molecule has 6 heteroatoms. The van der Waals surface area contributed by atoms with E-state index in [0.717, 1.165) is 51.0 Å². The zero-order valence-electron chi connectivity index (χ0n) is 16.5. The van der Waals surface area contributed by atoms with Gasteiger partial charge in [-0.05, 0) is 36.8 Å². The Morgan fingerprint density at radius 1 is 1.11 bits per heavy atom. The predicted octanol–water partition coefficient (Wildman–Crippen LogP) is 3.11. The van der Waals surface area contributed by atoms with E-state index in [1.54, 1.807) is 6.20 Å². The molecule has 1 aromatic carbocycles. The number of nitrogens with zero attached hydrogens (tertiary/aromatic N) is 3. The zero-order valence-corrected chi connectivity index (χ0v) is 16.5. The summed E-state index contributed by atoms with van der Waals surface area (Å²) in [7, 11) is 0. The molecule has 28 heavy (non-hydrogen) atoms. The van der Waals surface area contributed by atoms with Gasteiger partial charge in [0.05, 0.1) is 17.5 Å². The van der Waals surface area contributed by atoms with Gasteiger partial charge >= 0.3 is 0 Å². The normalized spacial score (nSPS) is 17.5. The second-order valence-electron chi connectivity index (χ2n) is 7.85. The van der Waals surface area contributed by atoms with Crippen molar-refractivity contribution in [2.24, 2.45) is 0 Å². The second kappa shape index (κ2) is 8.17. The van der Waals surface area contributed by atoms with E-state index in [9.17, 15) is 9.59 Å². The van der Waals surface area contributed by atoms with Crippen LogP contribution in [0.1, 0.15) is 65.7 Å². The highest BCUT2D eigenvalue weighted by Gasteiger charge is 2.30. The largest absolute Gasteiger partial charge is 0.343 e. The van der Waals surface area contributed by atoms with Crippen LogP contribution in [0.5, 0.6) is 0 Å². The minimum absolute atomic E-state index is 0.0581. The van der Waals surface area contributed by atoms with Gasteiger partial charge in [0, 0.05) is 38.5 Å². The Bertz CT molecular complexity index is 852. The summed E-state index contributed by atoms with van der Waals surface area (Å²) < 4.78 is 0. The first-order chi connectivity index (χ1) is 13.7. The van der Waals surface area contributed by atoms with E-state index in [-0.39, 0.29) is 17.7 Å². The number of fused-ring (bicyclic) bond motifs is 1. The Balaban J connectivity index is 1.44. The smallest absolute Gasteiger partial charge is 0.257 e. The third-order valence-electron chi connectivity index (χ3n) is 6.04. The van der Waals surface area contributed by atoms with E-state index in [0.29, 0.717) is 18.5 Å². The lowest BCUT2D eigenvalue weighted by molar-refractivity contribution is -0.132. The predicted molar refractivity (Wildman–Crippen MR) is 107 cm³/mol. The van der Waals surface area contributed by atoms with Gasteiger partial charge < -0.3 is 9.80 Å². The van der Waals surface area contributed by atoms with Crippen molar-refractivity contribution < 1.29 is 9.59 Å². The Kier molecular flexibility index (Phi) is 5.46. The van der Waals surface area contributed by atoms with Crippen LogP contribution in [0.25, 0.3) is 0 Å². The fourth-order valence-corrected chi connectivity index (χ4v) is 4.41. The van der Waals surface area contributed by atoms with E-state index in [2.05, 4.69) is 28.4 Å². The Morgan fingerprint density at radius 3 is 2.61 bits per heavy atom. The van der Waals surface area contributed by atoms with Crippen molar-refractivity contribution in [2.75, 3.05) is 19.6 Å². The summed E-state index contributed by atoms with van der Waals surface area (Å²) in [5.41, 5.74) is 4.20. The molecule has 1 fully saturated rings. The van der Waals surface area contributed by atoms with Gasteiger partial charge in [-0.2, -0.15) is 5.10 Å². The van der Waals surface area contributed by atoms with Gasteiger partial charge in [-0.3, -0.25) is 14.7 Å². The number of hydrogen-bond donors (Lipinski definition) is 1. The summed E-state index contributed by atoms with van der Waals surface area (Å²) in [6.45, 7) is 4.95. The molecule has 4 rings (SSSR count). The van der Waals surface area contributed by atoms with Gasteiger partial charge in [0.15, 0.2) is 0 Å². The summed E-state index contributed by atoms with van der Waals surface area (Å²) in [4.78, 5) is 29.2. The molecule has 1 N–H and O–H groups in total. The van der Waals surface area contributed by atoms with E-state index >= 15 is 0 Å². The summed E-state index contributed by atoms with van der Waals surface area (Å²) in [5, 5.41) is 7.27. The van der Waals surface area contributed by atoms with Crippen LogP contribution in [0.15, 0.2) is 30.5 Å². The van der Waals surface area contributed by atoms with Crippen LogP contribution in [-0.2, 0) is 17.8 Å². The molecule has 2 aliphatic rings. The summed E-state index contributed by atoms with van der Waals surface area (Å²) in [6.07, 6.45) is 5.83. The molecule has 0 radical (unpaired) electrons. The van der Waals surface area contributed by atoms with E-state index < -0.39 is 0 Å². The van der Waals surface area contributed by atoms with Crippen LogP contribution in [0.3, 0.4) is 0 Å². The molecular formula is C22H28N4O2. The molecule has 6 nitrogen and oxygen atoms in total. The van der Waals surface area contributed by atoms with Gasteiger partial charge in [0.2, 0.25) is 5.91 Å². The zero-order chi connectivity index (χ0) is 19.5. The molecule has 0 aliphatic carbocycles. The molecule has 148 valence electrons. The highest BCUT2D eigenvalue weighted by molar-refractivity contribution is 5.95. The minimum Gasteiger partial charge on any atom is -0.343 e. The third kappa shape index (κ3) is 3.68. The van der Waals surface area contributed by atoms with Crippen molar-refractivity contribution in [1.82, 2.24) is 20.0 Å². The van der Waals surface area contributed by atoms with Crippen LogP contribution < -0.4 is 0 Å². The molecule has 2 amide bonds. The number of rotatable bonds is 4. The molecule has 2 aromatic rings.